The maximum atomic E-state index is 13.6. The molecule has 0 fully saturated rings. The number of methoxy groups -OCH3 is 1. The molecule has 0 bridgehead atoms. The zero-order chi connectivity index (χ0) is 19.8. The molecule has 0 saturated carbocycles. The van der Waals surface area contributed by atoms with Crippen LogP contribution >= 0.6 is 24.0 Å². The lowest BCUT2D eigenvalue weighted by Crippen LogP contribution is -2.17. The minimum atomic E-state index is -0.159. The summed E-state index contributed by atoms with van der Waals surface area (Å²) in [7, 11) is 1.62. The van der Waals surface area contributed by atoms with E-state index in [1.54, 1.807) is 13.2 Å². The summed E-state index contributed by atoms with van der Waals surface area (Å²) in [6.07, 6.45) is 0.645. The Morgan fingerprint density at radius 2 is 1.66 bits per heavy atom. The standard InChI is InChI=1S/C23H23ClFNO2.ClH/c1-27-23-14-18(15-26-13-12-19-4-2-3-5-21(19)25)8-11-22(23)28-16-17-6-9-20(24)10-7-17;/h2-11,14,26H,12-13,15-16H2,1H3;1H. The van der Waals surface area contributed by atoms with Crippen LogP contribution in [-0.4, -0.2) is 13.7 Å². The Labute approximate surface area is 182 Å². The zero-order valence-electron chi connectivity index (χ0n) is 16.2. The fourth-order valence-electron chi connectivity index (χ4n) is 2.84. The summed E-state index contributed by atoms with van der Waals surface area (Å²) in [6, 6.07) is 20.3. The van der Waals surface area contributed by atoms with E-state index in [9.17, 15) is 4.39 Å². The number of nitrogens with one attached hydrogen (secondary N) is 1. The second-order valence-corrected chi connectivity index (χ2v) is 6.85. The lowest BCUT2D eigenvalue weighted by atomic mass is 10.1. The molecule has 0 amide bonds. The van der Waals surface area contributed by atoms with E-state index in [1.807, 2.05) is 54.6 Å². The molecule has 0 radical (unpaired) electrons. The molecule has 0 aromatic heterocycles. The van der Waals surface area contributed by atoms with Crippen molar-refractivity contribution < 1.29 is 13.9 Å². The first-order valence-corrected chi connectivity index (χ1v) is 9.52. The average Bonchev–Trinajstić information content (AvgIpc) is 2.72. The molecular formula is C23H24Cl2FNO2. The second kappa shape index (κ2) is 11.7. The van der Waals surface area contributed by atoms with E-state index < -0.39 is 0 Å². The van der Waals surface area contributed by atoms with Gasteiger partial charge in [0.2, 0.25) is 0 Å². The largest absolute Gasteiger partial charge is 0.493 e. The van der Waals surface area contributed by atoms with Crippen LogP contribution in [0.5, 0.6) is 11.5 Å². The van der Waals surface area contributed by atoms with Crippen molar-refractivity contribution in [1.82, 2.24) is 5.32 Å². The first-order valence-electron chi connectivity index (χ1n) is 9.14. The van der Waals surface area contributed by atoms with Crippen LogP contribution < -0.4 is 14.8 Å². The summed E-state index contributed by atoms with van der Waals surface area (Å²) in [5.41, 5.74) is 2.83. The monoisotopic (exact) mass is 435 g/mol. The van der Waals surface area contributed by atoms with Crippen molar-refractivity contribution in [3.63, 3.8) is 0 Å². The molecule has 3 aromatic rings. The molecule has 0 spiro atoms. The van der Waals surface area contributed by atoms with Crippen LogP contribution in [0.2, 0.25) is 5.02 Å². The Bertz CT molecular complexity index is 904. The predicted octanol–water partition coefficient (Wildman–Crippen LogP) is 5.82. The maximum absolute atomic E-state index is 13.6. The highest BCUT2D eigenvalue weighted by Crippen LogP contribution is 2.29. The molecule has 29 heavy (non-hydrogen) atoms. The quantitative estimate of drug-likeness (QED) is 0.429. The lowest BCUT2D eigenvalue weighted by molar-refractivity contribution is 0.284. The van der Waals surface area contributed by atoms with Gasteiger partial charge < -0.3 is 14.8 Å². The lowest BCUT2D eigenvalue weighted by Gasteiger charge is -2.13. The molecule has 3 nitrogen and oxygen atoms in total. The minimum Gasteiger partial charge on any atom is -0.493 e. The molecule has 0 aliphatic rings. The normalized spacial score (nSPS) is 10.3. The predicted molar refractivity (Wildman–Crippen MR) is 118 cm³/mol. The van der Waals surface area contributed by atoms with Crippen LogP contribution in [0, 0.1) is 5.82 Å². The summed E-state index contributed by atoms with van der Waals surface area (Å²) < 4.78 is 25.0. The Morgan fingerprint density at radius 3 is 2.38 bits per heavy atom. The maximum Gasteiger partial charge on any atom is 0.161 e. The topological polar surface area (TPSA) is 30.5 Å². The van der Waals surface area contributed by atoms with E-state index >= 15 is 0 Å². The van der Waals surface area contributed by atoms with Crippen molar-refractivity contribution in [2.24, 2.45) is 0 Å². The van der Waals surface area contributed by atoms with Crippen molar-refractivity contribution in [3.8, 4) is 11.5 Å². The Balaban J connectivity index is 0.00000300. The van der Waals surface area contributed by atoms with Gasteiger partial charge in [-0.15, -0.1) is 12.4 Å². The highest BCUT2D eigenvalue weighted by molar-refractivity contribution is 6.30. The first kappa shape index (κ1) is 23.0. The summed E-state index contributed by atoms with van der Waals surface area (Å²) in [5, 5.41) is 4.04. The molecule has 0 saturated heterocycles. The van der Waals surface area contributed by atoms with E-state index in [-0.39, 0.29) is 18.2 Å². The van der Waals surface area contributed by atoms with Gasteiger partial charge in [0.1, 0.15) is 12.4 Å². The van der Waals surface area contributed by atoms with Crippen LogP contribution in [0.4, 0.5) is 4.39 Å². The third-order valence-corrected chi connectivity index (χ3v) is 4.65. The number of halogens is 3. The van der Waals surface area contributed by atoms with Crippen molar-refractivity contribution in [2.45, 2.75) is 19.6 Å². The second-order valence-electron chi connectivity index (χ2n) is 6.42. The van der Waals surface area contributed by atoms with E-state index in [1.165, 1.54) is 6.07 Å². The Hall–Kier alpha value is -2.27. The van der Waals surface area contributed by atoms with Gasteiger partial charge in [0.15, 0.2) is 11.5 Å². The van der Waals surface area contributed by atoms with Gasteiger partial charge in [0.05, 0.1) is 7.11 Å². The van der Waals surface area contributed by atoms with Crippen molar-refractivity contribution in [2.75, 3.05) is 13.7 Å². The molecule has 0 unspecified atom stereocenters. The summed E-state index contributed by atoms with van der Waals surface area (Å²) in [6.45, 7) is 1.80. The Kier molecular flexibility index (Phi) is 9.26. The van der Waals surface area contributed by atoms with Gasteiger partial charge in [0, 0.05) is 11.6 Å². The smallest absolute Gasteiger partial charge is 0.161 e. The molecule has 0 aliphatic carbocycles. The van der Waals surface area contributed by atoms with Crippen LogP contribution in [0.25, 0.3) is 0 Å². The highest BCUT2D eigenvalue weighted by Gasteiger charge is 2.07. The van der Waals surface area contributed by atoms with Gasteiger partial charge in [-0.05, 0) is 60.0 Å². The van der Waals surface area contributed by atoms with E-state index in [0.29, 0.717) is 42.6 Å². The number of hydrogen-bond donors (Lipinski definition) is 1. The Morgan fingerprint density at radius 1 is 0.931 bits per heavy atom. The summed E-state index contributed by atoms with van der Waals surface area (Å²) in [5.74, 6) is 1.21. The van der Waals surface area contributed by atoms with Gasteiger partial charge in [-0.3, -0.25) is 0 Å². The number of hydrogen-bond acceptors (Lipinski definition) is 3. The van der Waals surface area contributed by atoms with Gasteiger partial charge in [-0.2, -0.15) is 0 Å². The molecular weight excluding hydrogens is 412 g/mol. The van der Waals surface area contributed by atoms with Crippen LogP contribution in [0.15, 0.2) is 66.7 Å². The summed E-state index contributed by atoms with van der Waals surface area (Å²) in [4.78, 5) is 0. The van der Waals surface area contributed by atoms with Crippen molar-refractivity contribution >= 4 is 24.0 Å². The highest BCUT2D eigenvalue weighted by atomic mass is 35.5. The third-order valence-electron chi connectivity index (χ3n) is 4.39. The van der Waals surface area contributed by atoms with Gasteiger partial charge >= 0.3 is 0 Å². The molecule has 0 atom stereocenters. The molecule has 6 heteroatoms. The molecule has 3 rings (SSSR count). The van der Waals surface area contributed by atoms with Gasteiger partial charge in [0.25, 0.3) is 0 Å². The third kappa shape index (κ3) is 6.93. The van der Waals surface area contributed by atoms with E-state index in [0.717, 1.165) is 16.7 Å². The van der Waals surface area contributed by atoms with Crippen molar-refractivity contribution in [3.05, 3.63) is 94.3 Å². The summed E-state index contributed by atoms with van der Waals surface area (Å²) >= 11 is 5.90. The molecule has 1 N–H and O–H groups in total. The van der Waals surface area contributed by atoms with Gasteiger partial charge in [-0.1, -0.05) is 48.0 Å². The van der Waals surface area contributed by atoms with E-state index in [4.69, 9.17) is 21.1 Å². The number of benzene rings is 3. The van der Waals surface area contributed by atoms with Gasteiger partial charge in [-0.25, -0.2) is 4.39 Å². The SMILES string of the molecule is COc1cc(CNCCc2ccccc2F)ccc1OCc1ccc(Cl)cc1.Cl. The fourth-order valence-corrected chi connectivity index (χ4v) is 2.97. The molecule has 154 valence electrons. The first-order chi connectivity index (χ1) is 13.7. The molecule has 0 heterocycles. The zero-order valence-corrected chi connectivity index (χ0v) is 17.7. The van der Waals surface area contributed by atoms with E-state index in [2.05, 4.69) is 5.32 Å². The number of rotatable bonds is 9. The minimum absolute atomic E-state index is 0. The molecule has 3 aromatic carbocycles. The van der Waals surface area contributed by atoms with Crippen LogP contribution in [0.1, 0.15) is 16.7 Å². The van der Waals surface area contributed by atoms with Crippen LogP contribution in [-0.2, 0) is 19.6 Å². The van der Waals surface area contributed by atoms with Crippen molar-refractivity contribution in [1.29, 1.82) is 0 Å². The average molecular weight is 436 g/mol. The van der Waals surface area contributed by atoms with Crippen LogP contribution in [0.3, 0.4) is 0 Å². The fraction of sp³-hybridized carbons (Fsp3) is 0.217. The molecule has 0 aliphatic heterocycles. The number of ether oxygens (including phenoxy) is 2.